The highest BCUT2D eigenvalue weighted by atomic mass is 19.2. The lowest BCUT2D eigenvalue weighted by Crippen LogP contribution is -2.30. The molecule has 1 aromatic rings. The van der Waals surface area contributed by atoms with Crippen molar-refractivity contribution in [2.24, 2.45) is 0 Å². The molecule has 0 saturated carbocycles. The molecular formula is C12H15F3N2O2. The highest BCUT2D eigenvalue weighted by Gasteiger charge is 2.24. The van der Waals surface area contributed by atoms with E-state index in [4.69, 9.17) is 5.11 Å². The number of hydrogen-bond acceptors (Lipinski definition) is 3. The number of carbonyl (C=O) groups is 1. The van der Waals surface area contributed by atoms with Crippen molar-refractivity contribution >= 4 is 5.91 Å². The summed E-state index contributed by atoms with van der Waals surface area (Å²) in [4.78, 5) is 13.0. The first-order chi connectivity index (χ1) is 8.90. The average Bonchev–Trinajstić information content (AvgIpc) is 2.39. The van der Waals surface area contributed by atoms with E-state index >= 15 is 0 Å². The molecule has 0 atom stereocenters. The van der Waals surface area contributed by atoms with E-state index in [0.29, 0.717) is 25.6 Å². The van der Waals surface area contributed by atoms with Gasteiger partial charge in [-0.1, -0.05) is 0 Å². The molecule has 0 aromatic heterocycles. The highest BCUT2D eigenvalue weighted by Crippen LogP contribution is 2.26. The maximum Gasteiger partial charge on any atom is 0.256 e. The lowest BCUT2D eigenvalue weighted by Gasteiger charge is -2.17. The molecule has 19 heavy (non-hydrogen) atoms. The van der Waals surface area contributed by atoms with Gasteiger partial charge in [0.1, 0.15) is 0 Å². The van der Waals surface area contributed by atoms with Gasteiger partial charge in [-0.05, 0) is 26.1 Å². The van der Waals surface area contributed by atoms with Gasteiger partial charge in [-0.2, -0.15) is 4.39 Å². The maximum absolute atomic E-state index is 13.5. The number of phenolic OH excluding ortho intramolecular Hbond substituents is 1. The van der Waals surface area contributed by atoms with Crippen LogP contribution in [0.5, 0.6) is 5.75 Å². The predicted octanol–water partition coefficient (Wildman–Crippen LogP) is 1.49. The van der Waals surface area contributed by atoms with Gasteiger partial charge in [0.05, 0.1) is 5.56 Å². The Bertz CT molecular complexity index is 481. The normalized spacial score (nSPS) is 10.6. The molecule has 106 valence electrons. The third-order valence-corrected chi connectivity index (χ3v) is 2.63. The zero-order valence-electron chi connectivity index (χ0n) is 10.6. The fourth-order valence-electron chi connectivity index (χ4n) is 1.55. The Labute approximate surface area is 108 Å². The van der Waals surface area contributed by atoms with E-state index in [2.05, 4.69) is 5.32 Å². The van der Waals surface area contributed by atoms with Crippen molar-refractivity contribution in [3.63, 3.8) is 0 Å². The molecule has 0 saturated heterocycles. The maximum atomic E-state index is 13.5. The van der Waals surface area contributed by atoms with Crippen molar-refractivity contribution in [3.8, 4) is 5.75 Å². The summed E-state index contributed by atoms with van der Waals surface area (Å²) in [5.41, 5.74) is -0.691. The first-order valence-electron chi connectivity index (χ1n) is 5.66. The first-order valence-corrected chi connectivity index (χ1v) is 5.66. The number of benzene rings is 1. The van der Waals surface area contributed by atoms with Crippen LogP contribution >= 0.6 is 0 Å². The standard InChI is InChI=1S/C12H15F3N2O2/c1-16-4-3-5-17(2)12(19)7-6-8(13)10(15)11(18)9(7)14/h6,16,18H,3-5H2,1-2H3. The van der Waals surface area contributed by atoms with Crippen LogP contribution in [0, 0.1) is 17.5 Å². The van der Waals surface area contributed by atoms with Crippen LogP contribution < -0.4 is 5.32 Å². The van der Waals surface area contributed by atoms with Crippen LogP contribution in [0.2, 0.25) is 0 Å². The smallest absolute Gasteiger partial charge is 0.256 e. The van der Waals surface area contributed by atoms with E-state index in [9.17, 15) is 18.0 Å². The topological polar surface area (TPSA) is 52.6 Å². The Balaban J connectivity index is 2.94. The van der Waals surface area contributed by atoms with Gasteiger partial charge in [0.2, 0.25) is 5.82 Å². The summed E-state index contributed by atoms with van der Waals surface area (Å²) in [6, 6.07) is 0.446. The molecule has 1 amide bonds. The van der Waals surface area contributed by atoms with Gasteiger partial charge in [0, 0.05) is 13.6 Å². The molecule has 0 heterocycles. The largest absolute Gasteiger partial charge is 0.503 e. The van der Waals surface area contributed by atoms with Crippen molar-refractivity contribution in [1.82, 2.24) is 10.2 Å². The van der Waals surface area contributed by atoms with Crippen LogP contribution in [0.4, 0.5) is 13.2 Å². The molecule has 0 aliphatic rings. The fourth-order valence-corrected chi connectivity index (χ4v) is 1.55. The Morgan fingerprint density at radius 1 is 1.37 bits per heavy atom. The van der Waals surface area contributed by atoms with E-state index in [-0.39, 0.29) is 0 Å². The van der Waals surface area contributed by atoms with Crippen molar-refractivity contribution < 1.29 is 23.1 Å². The lowest BCUT2D eigenvalue weighted by molar-refractivity contribution is 0.0787. The summed E-state index contributed by atoms with van der Waals surface area (Å²) in [5.74, 6) is -6.92. The molecule has 0 bridgehead atoms. The van der Waals surface area contributed by atoms with Gasteiger partial charge in [0.15, 0.2) is 17.4 Å². The highest BCUT2D eigenvalue weighted by molar-refractivity contribution is 5.94. The lowest BCUT2D eigenvalue weighted by atomic mass is 10.1. The number of amides is 1. The molecule has 4 nitrogen and oxygen atoms in total. The number of carbonyl (C=O) groups excluding carboxylic acids is 1. The van der Waals surface area contributed by atoms with Gasteiger partial charge >= 0.3 is 0 Å². The molecule has 1 aromatic carbocycles. The number of halogens is 3. The second-order valence-electron chi connectivity index (χ2n) is 4.07. The van der Waals surface area contributed by atoms with Crippen LogP contribution in [0.3, 0.4) is 0 Å². The summed E-state index contributed by atoms with van der Waals surface area (Å²) in [6.45, 7) is 0.974. The summed E-state index contributed by atoms with van der Waals surface area (Å²) in [7, 11) is 3.16. The fraction of sp³-hybridized carbons (Fsp3) is 0.417. The Morgan fingerprint density at radius 3 is 2.58 bits per heavy atom. The predicted molar refractivity (Wildman–Crippen MR) is 63.5 cm³/mol. The van der Waals surface area contributed by atoms with Crippen LogP contribution in [0.15, 0.2) is 6.07 Å². The van der Waals surface area contributed by atoms with E-state index in [1.165, 1.54) is 11.9 Å². The van der Waals surface area contributed by atoms with Crippen LogP contribution in [-0.2, 0) is 0 Å². The van der Waals surface area contributed by atoms with E-state index < -0.39 is 34.7 Å². The molecular weight excluding hydrogens is 261 g/mol. The minimum absolute atomic E-state index is 0.318. The molecule has 0 aliphatic heterocycles. The molecule has 0 radical (unpaired) electrons. The van der Waals surface area contributed by atoms with Gasteiger partial charge in [-0.25, -0.2) is 8.78 Å². The Hall–Kier alpha value is -1.76. The van der Waals surface area contributed by atoms with Crippen molar-refractivity contribution in [3.05, 3.63) is 29.1 Å². The SMILES string of the molecule is CNCCCN(C)C(=O)c1cc(F)c(F)c(O)c1F. The molecule has 7 heteroatoms. The minimum atomic E-state index is -1.70. The summed E-state index contributed by atoms with van der Waals surface area (Å²) in [5, 5.41) is 11.9. The number of hydrogen-bond donors (Lipinski definition) is 2. The van der Waals surface area contributed by atoms with Gasteiger partial charge < -0.3 is 15.3 Å². The number of nitrogens with zero attached hydrogens (tertiary/aromatic N) is 1. The molecule has 0 unspecified atom stereocenters. The third kappa shape index (κ3) is 3.37. The van der Waals surface area contributed by atoms with Crippen LogP contribution in [0.25, 0.3) is 0 Å². The monoisotopic (exact) mass is 276 g/mol. The molecule has 0 aliphatic carbocycles. The van der Waals surface area contributed by atoms with Crippen molar-refractivity contribution in [1.29, 1.82) is 0 Å². The minimum Gasteiger partial charge on any atom is -0.503 e. The summed E-state index contributed by atoms with van der Waals surface area (Å²) >= 11 is 0. The first kappa shape index (κ1) is 15.3. The number of nitrogens with one attached hydrogen (secondary N) is 1. The third-order valence-electron chi connectivity index (χ3n) is 2.63. The zero-order valence-corrected chi connectivity index (χ0v) is 10.6. The zero-order chi connectivity index (χ0) is 14.6. The van der Waals surface area contributed by atoms with Crippen LogP contribution in [-0.4, -0.2) is 43.1 Å². The Kier molecular flexibility index (Phi) is 5.17. The van der Waals surface area contributed by atoms with Gasteiger partial charge in [-0.15, -0.1) is 0 Å². The van der Waals surface area contributed by atoms with Gasteiger partial charge in [0.25, 0.3) is 5.91 Å². The van der Waals surface area contributed by atoms with E-state index in [0.717, 1.165) is 0 Å². The second kappa shape index (κ2) is 6.42. The quantitative estimate of drug-likeness (QED) is 0.633. The molecule has 2 N–H and O–H groups in total. The molecule has 1 rings (SSSR count). The summed E-state index contributed by atoms with van der Waals surface area (Å²) in [6.07, 6.45) is 0.621. The Morgan fingerprint density at radius 2 is 2.00 bits per heavy atom. The molecule has 0 fully saturated rings. The number of phenols is 1. The van der Waals surface area contributed by atoms with Gasteiger partial charge in [-0.3, -0.25) is 4.79 Å². The second-order valence-corrected chi connectivity index (χ2v) is 4.07. The average molecular weight is 276 g/mol. The summed E-state index contributed by atoms with van der Waals surface area (Å²) < 4.78 is 39.5. The molecule has 0 spiro atoms. The van der Waals surface area contributed by atoms with E-state index in [1.54, 1.807) is 7.05 Å². The van der Waals surface area contributed by atoms with Crippen molar-refractivity contribution in [2.45, 2.75) is 6.42 Å². The number of rotatable bonds is 5. The van der Waals surface area contributed by atoms with Crippen LogP contribution in [0.1, 0.15) is 16.8 Å². The van der Waals surface area contributed by atoms with Crippen molar-refractivity contribution in [2.75, 3.05) is 27.2 Å². The number of aromatic hydroxyl groups is 1. The van der Waals surface area contributed by atoms with E-state index in [1.807, 2.05) is 0 Å².